The lowest BCUT2D eigenvalue weighted by atomic mass is 9.91. The highest BCUT2D eigenvalue weighted by atomic mass is 28.3. The van der Waals surface area contributed by atoms with Gasteiger partial charge < -0.3 is 0 Å². The summed E-state index contributed by atoms with van der Waals surface area (Å²) in [7, 11) is 0.925. The summed E-state index contributed by atoms with van der Waals surface area (Å²) in [6.07, 6.45) is 12.1. The Hall–Kier alpha value is -1.93. The number of pyridine rings is 1. The third-order valence-electron chi connectivity index (χ3n) is 8.13. The van der Waals surface area contributed by atoms with Crippen molar-refractivity contribution in [2.24, 2.45) is 7.05 Å². The zero-order chi connectivity index (χ0) is 20.7. The molecule has 0 amide bonds. The van der Waals surface area contributed by atoms with E-state index in [9.17, 15) is 0 Å². The molecule has 2 aliphatic rings. The number of aryl methyl sites for hydroxylation is 2. The molecule has 3 aromatic rings. The highest BCUT2D eigenvalue weighted by Gasteiger charge is 2.31. The van der Waals surface area contributed by atoms with Crippen LogP contribution in [0.15, 0.2) is 48.7 Å². The van der Waals surface area contributed by atoms with Crippen LogP contribution in [0.4, 0.5) is 0 Å². The maximum atomic E-state index is 2.62. The van der Waals surface area contributed by atoms with Crippen LogP contribution >= 0.6 is 0 Å². The molecule has 0 N–H and O–H groups in total. The Morgan fingerprint density at radius 3 is 2.40 bits per heavy atom. The van der Waals surface area contributed by atoms with Crippen molar-refractivity contribution in [1.29, 1.82) is 0 Å². The van der Waals surface area contributed by atoms with E-state index in [2.05, 4.69) is 73.7 Å². The first-order chi connectivity index (χ1) is 14.5. The Morgan fingerprint density at radius 1 is 0.867 bits per heavy atom. The molecule has 30 heavy (non-hydrogen) atoms. The summed E-state index contributed by atoms with van der Waals surface area (Å²) in [6.45, 7) is 4.89. The first-order valence-corrected chi connectivity index (χ1v) is 15.0. The molecule has 1 saturated heterocycles. The zero-order valence-corrected chi connectivity index (χ0v) is 20.0. The Balaban J connectivity index is 1.62. The number of hydrogen-bond acceptors (Lipinski definition) is 0. The van der Waals surface area contributed by atoms with Crippen LogP contribution in [0.3, 0.4) is 0 Å². The fourth-order valence-electron chi connectivity index (χ4n) is 6.11. The molecular formula is C28H36NSi+. The molecule has 0 bridgehead atoms. The molecule has 0 atom stereocenters. The fraction of sp³-hybridized carbons (Fsp3) is 0.464. The normalized spacial score (nSPS) is 19.4. The van der Waals surface area contributed by atoms with E-state index < -0.39 is 8.07 Å². The summed E-state index contributed by atoms with van der Waals surface area (Å²) in [5.41, 5.74) is 5.73. The van der Waals surface area contributed by atoms with Crippen molar-refractivity contribution < 1.29 is 4.57 Å². The molecular weight excluding hydrogens is 378 g/mol. The van der Waals surface area contributed by atoms with Crippen molar-refractivity contribution in [3.63, 3.8) is 0 Å². The SMILES string of the molecule is Cc1ccc(C2CCCC2)cc1-c1c2ccc([Si]3(C)CCCCC3)cc2cc[n+]1C. The quantitative estimate of drug-likeness (QED) is 0.329. The van der Waals surface area contributed by atoms with Gasteiger partial charge in [-0.15, -0.1) is 0 Å². The number of nitrogens with zero attached hydrogens (tertiary/aromatic N) is 1. The van der Waals surface area contributed by atoms with E-state index in [0.717, 1.165) is 5.92 Å². The van der Waals surface area contributed by atoms with Crippen molar-refractivity contribution in [3.8, 4) is 11.3 Å². The monoisotopic (exact) mass is 414 g/mol. The van der Waals surface area contributed by atoms with Crippen molar-refractivity contribution in [3.05, 3.63) is 59.8 Å². The number of rotatable bonds is 3. The molecule has 156 valence electrons. The first kappa shape index (κ1) is 20.0. The van der Waals surface area contributed by atoms with Crippen LogP contribution in [0.1, 0.15) is 62.0 Å². The summed E-state index contributed by atoms with van der Waals surface area (Å²) in [6, 6.07) is 20.0. The molecule has 1 aromatic heterocycles. The van der Waals surface area contributed by atoms with E-state index in [4.69, 9.17) is 0 Å². The highest BCUT2D eigenvalue weighted by Crippen LogP contribution is 2.37. The second kappa shape index (κ2) is 7.96. The maximum absolute atomic E-state index is 2.62. The van der Waals surface area contributed by atoms with Gasteiger partial charge in [-0.05, 0) is 54.3 Å². The molecule has 2 heterocycles. The third-order valence-corrected chi connectivity index (χ3v) is 12.8. The largest absolute Gasteiger partial charge is 0.220 e. The predicted octanol–water partition coefficient (Wildman–Crippen LogP) is 6.77. The van der Waals surface area contributed by atoms with Crippen LogP contribution in [0.25, 0.3) is 22.0 Å². The molecule has 1 saturated carbocycles. The predicted molar refractivity (Wildman–Crippen MR) is 131 cm³/mol. The molecule has 5 rings (SSSR count). The van der Waals surface area contributed by atoms with Gasteiger partial charge in [0.15, 0.2) is 6.20 Å². The first-order valence-electron chi connectivity index (χ1n) is 12.1. The van der Waals surface area contributed by atoms with Gasteiger partial charge in [-0.3, -0.25) is 0 Å². The number of benzene rings is 2. The zero-order valence-electron chi connectivity index (χ0n) is 19.0. The molecule has 2 fully saturated rings. The van der Waals surface area contributed by atoms with Crippen LogP contribution in [0.2, 0.25) is 18.6 Å². The van der Waals surface area contributed by atoms with E-state index in [-0.39, 0.29) is 0 Å². The van der Waals surface area contributed by atoms with E-state index in [1.54, 1.807) is 10.8 Å². The van der Waals surface area contributed by atoms with E-state index in [1.807, 2.05) is 0 Å². The average molecular weight is 415 g/mol. The number of aromatic nitrogens is 1. The number of hydrogen-bond donors (Lipinski definition) is 0. The Kier molecular flexibility index (Phi) is 5.31. The smallest absolute Gasteiger partial charge is 0.200 e. The van der Waals surface area contributed by atoms with Crippen LogP contribution in [-0.4, -0.2) is 8.07 Å². The van der Waals surface area contributed by atoms with E-state index in [1.165, 1.54) is 84.6 Å². The summed E-state index contributed by atoms with van der Waals surface area (Å²) >= 11 is 0. The minimum absolute atomic E-state index is 0.758. The summed E-state index contributed by atoms with van der Waals surface area (Å²) in [4.78, 5) is 0. The van der Waals surface area contributed by atoms with Gasteiger partial charge in [0.2, 0.25) is 5.69 Å². The van der Waals surface area contributed by atoms with Crippen LogP contribution in [0.5, 0.6) is 0 Å². The molecule has 0 unspecified atom stereocenters. The molecule has 0 spiro atoms. The van der Waals surface area contributed by atoms with Crippen LogP contribution in [0, 0.1) is 6.92 Å². The van der Waals surface area contributed by atoms with Gasteiger partial charge in [-0.1, -0.05) is 80.2 Å². The summed E-state index contributed by atoms with van der Waals surface area (Å²) in [5.74, 6) is 0.758. The Bertz CT molecular complexity index is 1070. The molecule has 0 radical (unpaired) electrons. The van der Waals surface area contributed by atoms with E-state index >= 15 is 0 Å². The average Bonchev–Trinajstić information content (AvgIpc) is 3.30. The van der Waals surface area contributed by atoms with Gasteiger partial charge in [0.05, 0.1) is 13.5 Å². The Morgan fingerprint density at radius 2 is 1.63 bits per heavy atom. The van der Waals surface area contributed by atoms with Gasteiger partial charge in [0, 0.05) is 11.6 Å². The third kappa shape index (κ3) is 3.54. The minimum atomic E-state index is -1.28. The Labute approximate surface area is 183 Å². The van der Waals surface area contributed by atoms with Crippen molar-refractivity contribution in [2.45, 2.75) is 76.4 Å². The summed E-state index contributed by atoms with van der Waals surface area (Å²) in [5, 5.41) is 4.50. The van der Waals surface area contributed by atoms with Crippen molar-refractivity contribution in [1.82, 2.24) is 0 Å². The topological polar surface area (TPSA) is 3.88 Å². The number of fused-ring (bicyclic) bond motifs is 1. The standard InChI is InChI=1S/C28H36NSi/c1-21-11-12-23(22-9-5-6-10-22)20-27(21)28-26-14-13-25(19-24(26)15-16-29(28)2)30(3)17-7-4-8-18-30/h11-16,19-20,22H,4-10,17-18H2,1-3H3/q+1. The molecule has 1 nitrogen and oxygen atoms in total. The van der Waals surface area contributed by atoms with Crippen molar-refractivity contribution >= 4 is 24.0 Å². The molecule has 1 aliphatic heterocycles. The highest BCUT2D eigenvalue weighted by molar-refractivity contribution is 6.91. The lowest BCUT2D eigenvalue weighted by Gasteiger charge is -2.32. The van der Waals surface area contributed by atoms with E-state index in [0.29, 0.717) is 0 Å². The van der Waals surface area contributed by atoms with Crippen LogP contribution < -0.4 is 9.75 Å². The molecule has 2 heteroatoms. The molecule has 1 aliphatic carbocycles. The fourth-order valence-corrected chi connectivity index (χ4v) is 9.99. The van der Waals surface area contributed by atoms with Gasteiger partial charge in [-0.2, -0.15) is 0 Å². The van der Waals surface area contributed by atoms with Gasteiger partial charge >= 0.3 is 0 Å². The van der Waals surface area contributed by atoms with Gasteiger partial charge in [0.25, 0.3) is 0 Å². The lowest BCUT2D eigenvalue weighted by Crippen LogP contribution is -2.45. The van der Waals surface area contributed by atoms with Crippen LogP contribution in [-0.2, 0) is 7.05 Å². The second-order valence-corrected chi connectivity index (χ2v) is 15.0. The van der Waals surface area contributed by atoms with Crippen molar-refractivity contribution in [2.75, 3.05) is 0 Å². The molecule has 2 aromatic carbocycles. The second-order valence-electron chi connectivity index (χ2n) is 10.3. The maximum Gasteiger partial charge on any atom is 0.220 e. The van der Waals surface area contributed by atoms with Gasteiger partial charge in [-0.25, -0.2) is 4.57 Å². The lowest BCUT2D eigenvalue weighted by molar-refractivity contribution is -0.659. The van der Waals surface area contributed by atoms with Gasteiger partial charge in [0.1, 0.15) is 7.05 Å². The minimum Gasteiger partial charge on any atom is -0.200 e. The summed E-state index contributed by atoms with van der Waals surface area (Å²) < 4.78 is 2.34.